The number of rotatable bonds is 10. The maximum absolute atomic E-state index is 13.6. The molecular weight excluding hydrogens is 546 g/mol. The number of para-hydroxylation sites is 1. The number of benzene rings is 3. The van der Waals surface area contributed by atoms with Crippen LogP contribution < -0.4 is 20.4 Å². The van der Waals surface area contributed by atoms with Crippen LogP contribution in [0.5, 0.6) is 17.2 Å². The van der Waals surface area contributed by atoms with Crippen LogP contribution in [0.2, 0.25) is 0 Å². The van der Waals surface area contributed by atoms with Crippen LogP contribution in [0.3, 0.4) is 0 Å². The fraction of sp³-hybridized carbons (Fsp3) is 0.235. The molecule has 2 heterocycles. The smallest absolute Gasteiger partial charge is 0.227 e. The van der Waals surface area contributed by atoms with Crippen molar-refractivity contribution in [2.75, 3.05) is 32.6 Å². The van der Waals surface area contributed by atoms with E-state index in [1.54, 1.807) is 19.1 Å². The van der Waals surface area contributed by atoms with Crippen LogP contribution in [0.15, 0.2) is 88.2 Å². The second-order valence-corrected chi connectivity index (χ2v) is 10.8. The van der Waals surface area contributed by atoms with Gasteiger partial charge in [-0.3, -0.25) is 9.59 Å². The van der Waals surface area contributed by atoms with E-state index in [1.807, 2.05) is 43.4 Å². The van der Waals surface area contributed by atoms with Gasteiger partial charge in [0.25, 0.3) is 0 Å². The van der Waals surface area contributed by atoms with E-state index in [0.29, 0.717) is 17.9 Å². The molecule has 222 valence electrons. The van der Waals surface area contributed by atoms with E-state index in [-0.39, 0.29) is 35.5 Å². The van der Waals surface area contributed by atoms with Crippen LogP contribution in [-0.2, 0) is 4.79 Å². The maximum Gasteiger partial charge on any atom is 0.227 e. The zero-order chi connectivity index (χ0) is 30.7. The lowest BCUT2D eigenvalue weighted by atomic mass is 9.89. The zero-order valence-electron chi connectivity index (χ0n) is 24.5. The molecule has 0 bridgehead atoms. The number of carbonyl (C=O) groups excluding carboxylic acids is 1. The number of anilines is 1. The summed E-state index contributed by atoms with van der Waals surface area (Å²) in [5.41, 5.74) is 4.09. The number of aromatic hydroxyl groups is 2. The second kappa shape index (κ2) is 12.4. The Morgan fingerprint density at radius 2 is 1.72 bits per heavy atom. The number of aromatic nitrogens is 1. The first-order valence-corrected chi connectivity index (χ1v) is 14.0. The Hall–Kier alpha value is -5.18. The molecule has 0 aliphatic heterocycles. The number of hydrogen-bond acceptors (Lipinski definition) is 7. The summed E-state index contributed by atoms with van der Waals surface area (Å²) >= 11 is 0. The van der Waals surface area contributed by atoms with E-state index in [4.69, 9.17) is 9.15 Å². The molecule has 4 N–H and O–H groups in total. The molecule has 43 heavy (non-hydrogen) atoms. The lowest BCUT2D eigenvalue weighted by Crippen LogP contribution is -2.30. The summed E-state index contributed by atoms with van der Waals surface area (Å²) in [7, 11) is 5.39. The first-order chi connectivity index (χ1) is 20.7. The number of carbonyl (C=O) groups is 1. The van der Waals surface area contributed by atoms with Gasteiger partial charge in [0.1, 0.15) is 5.76 Å². The topological polar surface area (TPSA) is 128 Å². The molecule has 0 fully saturated rings. The number of methoxy groups -OCH3 is 1. The molecule has 2 aromatic heterocycles. The van der Waals surface area contributed by atoms with Gasteiger partial charge in [0.2, 0.25) is 17.1 Å². The molecule has 0 saturated carbocycles. The van der Waals surface area contributed by atoms with Crippen molar-refractivity contribution in [1.29, 1.82) is 0 Å². The predicted molar refractivity (Wildman–Crippen MR) is 166 cm³/mol. The fourth-order valence-corrected chi connectivity index (χ4v) is 5.40. The van der Waals surface area contributed by atoms with Gasteiger partial charge in [-0.05, 0) is 53.9 Å². The van der Waals surface area contributed by atoms with Gasteiger partial charge in [-0.25, -0.2) is 0 Å². The van der Waals surface area contributed by atoms with Crippen LogP contribution in [0.4, 0.5) is 5.69 Å². The molecule has 2 atom stereocenters. The Morgan fingerprint density at radius 1 is 1.00 bits per heavy atom. The van der Waals surface area contributed by atoms with E-state index >= 15 is 0 Å². The summed E-state index contributed by atoms with van der Waals surface area (Å²) in [6, 6.07) is 22.1. The van der Waals surface area contributed by atoms with E-state index in [0.717, 1.165) is 27.7 Å². The van der Waals surface area contributed by atoms with Crippen LogP contribution in [-0.4, -0.2) is 48.9 Å². The lowest BCUT2D eigenvalue weighted by Gasteiger charge is -2.22. The van der Waals surface area contributed by atoms with Gasteiger partial charge < -0.3 is 34.6 Å². The number of phenolic OH excluding ortho intramolecular Hbond substituents is 1. The van der Waals surface area contributed by atoms with E-state index in [2.05, 4.69) is 40.6 Å². The summed E-state index contributed by atoms with van der Waals surface area (Å²) in [6.07, 6.45) is 1.85. The minimum atomic E-state index is -0.826. The molecule has 0 spiro atoms. The number of aromatic amines is 1. The molecule has 2 unspecified atom stereocenters. The molecule has 0 aliphatic rings. The quantitative estimate of drug-likeness (QED) is 0.174. The highest BCUT2D eigenvalue weighted by Gasteiger charge is 2.28. The fourth-order valence-electron chi connectivity index (χ4n) is 5.40. The standard InChI is InChI=1S/C34H35N3O6/c1-20-15-30(39)33(41)34(43-20)25(22-11-14-29(38)31(16-22)42-4)17-32(40)36-18-26(21-9-12-23(13-10-21)37(2)3)27-19-35-28-8-6-5-7-24(27)28/h5-16,19,25-26,35,38,41H,17-18H2,1-4H3,(H,36,40). The van der Waals surface area contributed by atoms with Crippen LogP contribution in [0, 0.1) is 6.92 Å². The molecule has 0 saturated heterocycles. The first-order valence-electron chi connectivity index (χ1n) is 14.0. The SMILES string of the molecule is COc1cc(C(CC(=O)NCC(c2ccc(N(C)C)cc2)c2c[nH]c3ccccc23)c2oc(C)cc(=O)c2O)ccc1O. The largest absolute Gasteiger partial charge is 0.504 e. The molecule has 9 nitrogen and oxygen atoms in total. The molecular formula is C34H35N3O6. The zero-order valence-corrected chi connectivity index (χ0v) is 24.5. The summed E-state index contributed by atoms with van der Waals surface area (Å²) in [4.78, 5) is 31.4. The van der Waals surface area contributed by atoms with Gasteiger partial charge in [0.05, 0.1) is 13.0 Å². The molecule has 0 radical (unpaired) electrons. The Bertz CT molecular complexity index is 1810. The van der Waals surface area contributed by atoms with Crippen molar-refractivity contribution >= 4 is 22.5 Å². The van der Waals surface area contributed by atoms with Crippen molar-refractivity contribution in [2.24, 2.45) is 0 Å². The second-order valence-electron chi connectivity index (χ2n) is 10.8. The number of hydrogen-bond donors (Lipinski definition) is 4. The van der Waals surface area contributed by atoms with Crippen molar-refractivity contribution in [3.8, 4) is 17.2 Å². The van der Waals surface area contributed by atoms with Gasteiger partial charge in [0.15, 0.2) is 17.3 Å². The van der Waals surface area contributed by atoms with Gasteiger partial charge in [0, 0.05) is 61.8 Å². The third kappa shape index (κ3) is 6.21. The molecule has 5 aromatic rings. The first kappa shape index (κ1) is 29.3. The number of fused-ring (bicyclic) bond motifs is 1. The Labute approximate surface area is 249 Å². The minimum absolute atomic E-state index is 0.0275. The van der Waals surface area contributed by atoms with Crippen molar-refractivity contribution in [1.82, 2.24) is 10.3 Å². The maximum atomic E-state index is 13.6. The summed E-state index contributed by atoms with van der Waals surface area (Å²) in [5.74, 6) is -1.47. The van der Waals surface area contributed by atoms with Crippen molar-refractivity contribution in [2.45, 2.75) is 25.2 Å². The van der Waals surface area contributed by atoms with Crippen LogP contribution in [0.25, 0.3) is 10.9 Å². The van der Waals surface area contributed by atoms with Gasteiger partial charge >= 0.3 is 0 Å². The third-order valence-electron chi connectivity index (χ3n) is 7.70. The normalized spacial score (nSPS) is 12.6. The number of amides is 1. The monoisotopic (exact) mass is 581 g/mol. The van der Waals surface area contributed by atoms with E-state index in [9.17, 15) is 19.8 Å². The number of aryl methyl sites for hydroxylation is 1. The Balaban J connectivity index is 1.47. The lowest BCUT2D eigenvalue weighted by molar-refractivity contribution is -0.121. The molecule has 9 heteroatoms. The molecule has 0 aliphatic carbocycles. The minimum Gasteiger partial charge on any atom is -0.504 e. The number of phenols is 1. The third-order valence-corrected chi connectivity index (χ3v) is 7.70. The average Bonchev–Trinajstić information content (AvgIpc) is 3.42. The average molecular weight is 582 g/mol. The van der Waals surface area contributed by atoms with Gasteiger partial charge in [-0.15, -0.1) is 0 Å². The number of H-pyrrole nitrogens is 1. The molecule has 5 rings (SSSR count). The highest BCUT2D eigenvalue weighted by molar-refractivity contribution is 5.84. The van der Waals surface area contributed by atoms with Crippen molar-refractivity contribution in [3.63, 3.8) is 0 Å². The molecule has 1 amide bonds. The van der Waals surface area contributed by atoms with Gasteiger partial charge in [-0.2, -0.15) is 0 Å². The Morgan fingerprint density at radius 3 is 2.44 bits per heavy atom. The Kier molecular flexibility index (Phi) is 8.43. The molecule has 3 aromatic carbocycles. The van der Waals surface area contributed by atoms with Crippen LogP contribution >= 0.6 is 0 Å². The highest BCUT2D eigenvalue weighted by Crippen LogP contribution is 2.37. The summed E-state index contributed by atoms with van der Waals surface area (Å²) < 4.78 is 11.1. The number of nitrogens with one attached hydrogen (secondary N) is 2. The van der Waals surface area contributed by atoms with Crippen molar-refractivity contribution in [3.05, 3.63) is 117 Å². The van der Waals surface area contributed by atoms with E-state index in [1.165, 1.54) is 19.2 Å². The van der Waals surface area contributed by atoms with Gasteiger partial charge in [-0.1, -0.05) is 36.4 Å². The van der Waals surface area contributed by atoms with Crippen LogP contribution in [0.1, 0.15) is 46.5 Å². The number of ether oxygens (including phenoxy) is 1. The number of nitrogens with zero attached hydrogens (tertiary/aromatic N) is 1. The summed E-state index contributed by atoms with van der Waals surface area (Å²) in [6.45, 7) is 1.91. The van der Waals surface area contributed by atoms with E-state index < -0.39 is 17.1 Å². The highest BCUT2D eigenvalue weighted by atomic mass is 16.5. The predicted octanol–water partition coefficient (Wildman–Crippen LogP) is 5.39. The summed E-state index contributed by atoms with van der Waals surface area (Å²) in [5, 5.41) is 25.0. The van der Waals surface area contributed by atoms with Crippen molar-refractivity contribution < 1.29 is 24.2 Å².